The summed E-state index contributed by atoms with van der Waals surface area (Å²) in [4.78, 5) is 29.3. The molecule has 1 aliphatic rings. The minimum atomic E-state index is -0.838. The summed E-state index contributed by atoms with van der Waals surface area (Å²) in [5.74, 6) is -1.13. The van der Waals surface area contributed by atoms with E-state index in [9.17, 15) is 9.59 Å². The van der Waals surface area contributed by atoms with Gasteiger partial charge < -0.3 is 10.0 Å². The molecular formula is C17H18ClN3O3S. The molecule has 0 aliphatic carbocycles. The second kappa shape index (κ2) is 7.49. The average molecular weight is 380 g/mol. The van der Waals surface area contributed by atoms with Gasteiger partial charge in [0.15, 0.2) is 5.16 Å². The van der Waals surface area contributed by atoms with E-state index in [1.54, 1.807) is 11.1 Å². The van der Waals surface area contributed by atoms with E-state index < -0.39 is 11.9 Å². The zero-order chi connectivity index (χ0) is 18.0. The van der Waals surface area contributed by atoms with Crippen molar-refractivity contribution in [3.8, 4) is 5.69 Å². The van der Waals surface area contributed by atoms with Crippen LogP contribution in [0.1, 0.15) is 12.0 Å². The first-order valence-electron chi connectivity index (χ1n) is 7.89. The smallest absolute Gasteiger partial charge is 0.308 e. The highest BCUT2D eigenvalue weighted by Gasteiger charge is 2.30. The largest absolute Gasteiger partial charge is 0.481 e. The first-order chi connectivity index (χ1) is 12.0. The van der Waals surface area contributed by atoms with Gasteiger partial charge in [0.1, 0.15) is 0 Å². The Morgan fingerprint density at radius 3 is 2.96 bits per heavy atom. The third-order valence-electron chi connectivity index (χ3n) is 4.32. The molecular weight excluding hydrogens is 362 g/mol. The standard InChI is InChI=1S/C17H18ClN3O3S/c1-11-13(18)3-2-4-14(11)21-8-6-19-17(21)25-10-15(22)20-7-5-12(9-20)16(23)24/h2-4,6,8,12H,5,7,9-10H2,1H3,(H,23,24). The maximum atomic E-state index is 12.3. The molecule has 3 rings (SSSR count). The lowest BCUT2D eigenvalue weighted by Crippen LogP contribution is -2.31. The van der Waals surface area contributed by atoms with Crippen LogP contribution in [0.4, 0.5) is 0 Å². The fourth-order valence-electron chi connectivity index (χ4n) is 2.84. The van der Waals surface area contributed by atoms with Gasteiger partial charge in [-0.3, -0.25) is 14.2 Å². The highest BCUT2D eigenvalue weighted by Crippen LogP contribution is 2.27. The van der Waals surface area contributed by atoms with E-state index in [0.29, 0.717) is 23.1 Å². The molecule has 2 heterocycles. The van der Waals surface area contributed by atoms with Gasteiger partial charge >= 0.3 is 5.97 Å². The van der Waals surface area contributed by atoms with E-state index in [2.05, 4.69) is 4.98 Å². The van der Waals surface area contributed by atoms with Gasteiger partial charge in [0.25, 0.3) is 0 Å². The topological polar surface area (TPSA) is 75.4 Å². The molecule has 0 bridgehead atoms. The van der Waals surface area contributed by atoms with Crippen LogP contribution in [-0.2, 0) is 9.59 Å². The minimum Gasteiger partial charge on any atom is -0.481 e. The third-order valence-corrected chi connectivity index (χ3v) is 5.68. The SMILES string of the molecule is Cc1c(Cl)cccc1-n1ccnc1SCC(=O)N1CCC(C(=O)O)C1. The van der Waals surface area contributed by atoms with Crippen LogP contribution in [0.15, 0.2) is 35.7 Å². The molecule has 1 unspecified atom stereocenters. The van der Waals surface area contributed by atoms with Crippen molar-refractivity contribution in [2.75, 3.05) is 18.8 Å². The van der Waals surface area contributed by atoms with Crippen molar-refractivity contribution in [3.63, 3.8) is 0 Å². The second-order valence-electron chi connectivity index (χ2n) is 5.92. The number of aromatic nitrogens is 2. The summed E-state index contributed by atoms with van der Waals surface area (Å²) in [6.07, 6.45) is 4.04. The number of thioether (sulfide) groups is 1. The van der Waals surface area contributed by atoms with Gasteiger partial charge in [-0.2, -0.15) is 0 Å². The molecule has 1 N–H and O–H groups in total. The molecule has 1 saturated heterocycles. The quantitative estimate of drug-likeness (QED) is 0.808. The lowest BCUT2D eigenvalue weighted by molar-refractivity contribution is -0.141. The van der Waals surface area contributed by atoms with Crippen LogP contribution in [0.5, 0.6) is 0 Å². The Bertz CT molecular complexity index is 808. The van der Waals surface area contributed by atoms with Crippen molar-refractivity contribution in [3.05, 3.63) is 41.2 Å². The molecule has 0 spiro atoms. The highest BCUT2D eigenvalue weighted by atomic mass is 35.5. The molecule has 1 aliphatic heterocycles. The molecule has 25 heavy (non-hydrogen) atoms. The predicted molar refractivity (Wildman–Crippen MR) is 96.4 cm³/mol. The van der Waals surface area contributed by atoms with Crippen LogP contribution >= 0.6 is 23.4 Å². The summed E-state index contributed by atoms with van der Waals surface area (Å²) in [5.41, 5.74) is 1.87. The zero-order valence-corrected chi connectivity index (χ0v) is 15.3. The molecule has 1 atom stereocenters. The number of carboxylic acid groups (broad SMARTS) is 1. The molecule has 0 saturated carbocycles. The third kappa shape index (κ3) is 3.82. The summed E-state index contributed by atoms with van der Waals surface area (Å²) in [5, 5.41) is 10.4. The number of nitrogens with zero attached hydrogens (tertiary/aromatic N) is 3. The molecule has 8 heteroatoms. The molecule has 6 nitrogen and oxygen atoms in total. The van der Waals surface area contributed by atoms with Gasteiger partial charge in [-0.05, 0) is 31.0 Å². The maximum absolute atomic E-state index is 12.3. The zero-order valence-electron chi connectivity index (χ0n) is 13.7. The van der Waals surface area contributed by atoms with E-state index in [0.717, 1.165) is 11.3 Å². The summed E-state index contributed by atoms with van der Waals surface area (Å²) >= 11 is 7.52. The van der Waals surface area contributed by atoms with Crippen LogP contribution in [-0.4, -0.2) is 50.3 Å². The number of rotatable bonds is 5. The molecule has 1 aromatic heterocycles. The number of amides is 1. The van der Waals surface area contributed by atoms with Crippen molar-refractivity contribution in [2.45, 2.75) is 18.5 Å². The van der Waals surface area contributed by atoms with E-state index in [1.165, 1.54) is 11.8 Å². The number of carbonyl (C=O) groups excluding carboxylic acids is 1. The van der Waals surface area contributed by atoms with Gasteiger partial charge in [0.05, 0.1) is 17.4 Å². The van der Waals surface area contributed by atoms with Crippen molar-refractivity contribution in [1.29, 1.82) is 0 Å². The summed E-state index contributed by atoms with van der Waals surface area (Å²) < 4.78 is 1.91. The lowest BCUT2D eigenvalue weighted by atomic mass is 10.1. The maximum Gasteiger partial charge on any atom is 0.308 e. The van der Waals surface area contributed by atoms with Crippen molar-refractivity contribution in [1.82, 2.24) is 14.5 Å². The summed E-state index contributed by atoms with van der Waals surface area (Å²) in [6.45, 7) is 2.72. The minimum absolute atomic E-state index is 0.0638. The number of carboxylic acids is 1. The normalized spacial score (nSPS) is 17.0. The second-order valence-corrected chi connectivity index (χ2v) is 7.27. The summed E-state index contributed by atoms with van der Waals surface area (Å²) in [7, 11) is 0. The molecule has 1 fully saturated rings. The van der Waals surface area contributed by atoms with Gasteiger partial charge in [0, 0.05) is 30.5 Å². The van der Waals surface area contributed by atoms with Gasteiger partial charge in [-0.25, -0.2) is 4.98 Å². The first kappa shape index (κ1) is 17.8. The summed E-state index contributed by atoms with van der Waals surface area (Å²) in [6, 6.07) is 5.66. The Morgan fingerprint density at radius 1 is 1.44 bits per heavy atom. The highest BCUT2D eigenvalue weighted by molar-refractivity contribution is 7.99. The Balaban J connectivity index is 1.67. The average Bonchev–Trinajstić information content (AvgIpc) is 3.24. The van der Waals surface area contributed by atoms with Crippen molar-refractivity contribution in [2.24, 2.45) is 5.92 Å². The van der Waals surface area contributed by atoms with Crippen molar-refractivity contribution < 1.29 is 14.7 Å². The number of halogens is 1. The number of hydrogen-bond acceptors (Lipinski definition) is 4. The number of benzene rings is 1. The Labute approximate surface area is 154 Å². The molecule has 1 aromatic carbocycles. The van der Waals surface area contributed by atoms with Gasteiger partial charge in [0.2, 0.25) is 5.91 Å². The molecule has 132 valence electrons. The number of carbonyl (C=O) groups is 2. The fourth-order valence-corrected chi connectivity index (χ4v) is 3.88. The Hall–Kier alpha value is -1.99. The van der Waals surface area contributed by atoms with Crippen molar-refractivity contribution >= 4 is 35.2 Å². The number of aliphatic carboxylic acids is 1. The number of likely N-dealkylation sites (tertiary alicyclic amines) is 1. The van der Waals surface area contributed by atoms with Crippen LogP contribution in [0, 0.1) is 12.8 Å². The monoisotopic (exact) mass is 379 g/mol. The fraction of sp³-hybridized carbons (Fsp3) is 0.353. The van der Waals surface area contributed by atoms with Gasteiger partial charge in [-0.15, -0.1) is 0 Å². The van der Waals surface area contributed by atoms with Gasteiger partial charge in [-0.1, -0.05) is 29.4 Å². The van der Waals surface area contributed by atoms with Crippen LogP contribution in [0.25, 0.3) is 5.69 Å². The van der Waals surface area contributed by atoms with Crippen LogP contribution in [0.2, 0.25) is 5.02 Å². The molecule has 0 radical (unpaired) electrons. The number of imidazole rings is 1. The lowest BCUT2D eigenvalue weighted by Gasteiger charge is -2.16. The van der Waals surface area contributed by atoms with Crippen LogP contribution in [0.3, 0.4) is 0 Å². The van der Waals surface area contributed by atoms with E-state index in [4.69, 9.17) is 16.7 Å². The Kier molecular flexibility index (Phi) is 5.34. The first-order valence-corrected chi connectivity index (χ1v) is 9.26. The van der Waals surface area contributed by atoms with E-state index in [-0.39, 0.29) is 18.2 Å². The molecule has 1 amide bonds. The predicted octanol–water partition coefficient (Wildman–Crippen LogP) is 2.86. The molecule has 2 aromatic rings. The van der Waals surface area contributed by atoms with E-state index >= 15 is 0 Å². The van der Waals surface area contributed by atoms with Crippen LogP contribution < -0.4 is 0 Å². The Morgan fingerprint density at radius 2 is 2.24 bits per heavy atom. The van der Waals surface area contributed by atoms with E-state index in [1.807, 2.05) is 35.9 Å². The number of hydrogen-bond donors (Lipinski definition) is 1.